The van der Waals surface area contributed by atoms with E-state index in [1.165, 1.54) is 0 Å². The molecule has 1 atom stereocenters. The minimum atomic E-state index is 0.0666. The molecule has 0 aromatic rings. The number of carbonyl (C=O) groups is 2. The molecule has 0 heterocycles. The first-order chi connectivity index (χ1) is 7.11. The third-order valence-corrected chi connectivity index (χ3v) is 2.40. The van der Waals surface area contributed by atoms with Gasteiger partial charge in [0.05, 0.1) is 0 Å². The third-order valence-electron chi connectivity index (χ3n) is 2.40. The molecule has 0 saturated carbocycles. The number of hydrogen-bond acceptors (Lipinski definition) is 2. The lowest BCUT2D eigenvalue weighted by Crippen LogP contribution is -2.26. The molecule has 0 fully saturated rings. The molecule has 0 aliphatic carbocycles. The van der Waals surface area contributed by atoms with Crippen LogP contribution >= 0.6 is 0 Å². The van der Waals surface area contributed by atoms with E-state index in [4.69, 9.17) is 0 Å². The van der Waals surface area contributed by atoms with E-state index in [9.17, 15) is 9.59 Å². The zero-order valence-electron chi connectivity index (χ0n) is 9.93. The van der Waals surface area contributed by atoms with Crippen LogP contribution in [0.3, 0.4) is 0 Å². The molecule has 4 heteroatoms. The fourth-order valence-corrected chi connectivity index (χ4v) is 1.31. The third kappa shape index (κ3) is 6.94. The summed E-state index contributed by atoms with van der Waals surface area (Å²) < 4.78 is 0. The molecule has 0 radical (unpaired) electrons. The van der Waals surface area contributed by atoms with E-state index in [0.29, 0.717) is 13.0 Å². The number of rotatable bonds is 7. The topological polar surface area (TPSA) is 58.2 Å². The van der Waals surface area contributed by atoms with Gasteiger partial charge in [0.2, 0.25) is 11.8 Å². The Kier molecular flexibility index (Phi) is 7.68. The van der Waals surface area contributed by atoms with Crippen LogP contribution in [0.15, 0.2) is 0 Å². The van der Waals surface area contributed by atoms with Crippen molar-refractivity contribution in [3.05, 3.63) is 0 Å². The van der Waals surface area contributed by atoms with E-state index in [0.717, 1.165) is 19.3 Å². The number of carbonyl (C=O) groups excluding carboxylic acids is 2. The van der Waals surface area contributed by atoms with Gasteiger partial charge in [0.15, 0.2) is 0 Å². The molecule has 0 aromatic heterocycles. The Labute approximate surface area is 91.8 Å². The van der Waals surface area contributed by atoms with Crippen molar-refractivity contribution in [3.63, 3.8) is 0 Å². The quantitative estimate of drug-likeness (QED) is 0.623. The SMILES string of the molecule is CCC(=O)NCCCCC(C)C(=O)NC. The number of hydrogen-bond donors (Lipinski definition) is 2. The summed E-state index contributed by atoms with van der Waals surface area (Å²) in [6.07, 6.45) is 3.32. The van der Waals surface area contributed by atoms with Crippen LogP contribution in [0.5, 0.6) is 0 Å². The van der Waals surface area contributed by atoms with Gasteiger partial charge in [0, 0.05) is 25.9 Å². The average molecular weight is 214 g/mol. The molecule has 0 aromatic carbocycles. The Morgan fingerprint density at radius 1 is 1.27 bits per heavy atom. The summed E-state index contributed by atoms with van der Waals surface area (Å²) in [5.74, 6) is 0.249. The van der Waals surface area contributed by atoms with E-state index in [-0.39, 0.29) is 17.7 Å². The van der Waals surface area contributed by atoms with Crippen LogP contribution in [0.1, 0.15) is 39.5 Å². The molecule has 15 heavy (non-hydrogen) atoms. The molecule has 0 aliphatic rings. The first-order valence-electron chi connectivity index (χ1n) is 5.60. The summed E-state index contributed by atoms with van der Waals surface area (Å²) in [4.78, 5) is 22.0. The first-order valence-corrected chi connectivity index (χ1v) is 5.60. The second-order valence-corrected chi connectivity index (χ2v) is 3.71. The Hall–Kier alpha value is -1.06. The summed E-state index contributed by atoms with van der Waals surface area (Å²) in [6.45, 7) is 4.47. The molecular formula is C11H22N2O2. The summed E-state index contributed by atoms with van der Waals surface area (Å²) in [6, 6.07) is 0. The van der Waals surface area contributed by atoms with Crippen molar-refractivity contribution in [1.29, 1.82) is 0 Å². The predicted octanol–water partition coefficient (Wildman–Crippen LogP) is 1.06. The maximum absolute atomic E-state index is 11.1. The predicted molar refractivity (Wildman–Crippen MR) is 60.4 cm³/mol. The number of nitrogens with one attached hydrogen (secondary N) is 2. The molecule has 0 rings (SSSR count). The van der Waals surface area contributed by atoms with Gasteiger partial charge >= 0.3 is 0 Å². The average Bonchev–Trinajstić information content (AvgIpc) is 2.26. The normalized spacial score (nSPS) is 11.9. The van der Waals surface area contributed by atoms with Crippen LogP contribution < -0.4 is 10.6 Å². The maximum Gasteiger partial charge on any atom is 0.222 e. The minimum Gasteiger partial charge on any atom is -0.359 e. The van der Waals surface area contributed by atoms with Gasteiger partial charge in [-0.3, -0.25) is 9.59 Å². The van der Waals surface area contributed by atoms with Crippen LogP contribution in [0.25, 0.3) is 0 Å². The minimum absolute atomic E-state index is 0.0666. The van der Waals surface area contributed by atoms with Crippen molar-refractivity contribution < 1.29 is 9.59 Å². The molecule has 0 aliphatic heterocycles. The maximum atomic E-state index is 11.1. The number of unbranched alkanes of at least 4 members (excludes halogenated alkanes) is 1. The highest BCUT2D eigenvalue weighted by molar-refractivity contribution is 5.77. The molecular weight excluding hydrogens is 192 g/mol. The molecule has 4 nitrogen and oxygen atoms in total. The molecule has 0 saturated heterocycles. The smallest absolute Gasteiger partial charge is 0.222 e. The Bertz CT molecular complexity index is 205. The van der Waals surface area contributed by atoms with E-state index in [1.807, 2.05) is 13.8 Å². The van der Waals surface area contributed by atoms with Gasteiger partial charge in [-0.1, -0.05) is 20.3 Å². The van der Waals surface area contributed by atoms with Gasteiger partial charge in [-0.15, -0.1) is 0 Å². The van der Waals surface area contributed by atoms with E-state index in [1.54, 1.807) is 7.05 Å². The lowest BCUT2D eigenvalue weighted by Gasteiger charge is -2.09. The zero-order chi connectivity index (χ0) is 11.7. The zero-order valence-corrected chi connectivity index (χ0v) is 9.93. The Morgan fingerprint density at radius 3 is 2.47 bits per heavy atom. The molecule has 88 valence electrons. The Morgan fingerprint density at radius 2 is 1.93 bits per heavy atom. The lowest BCUT2D eigenvalue weighted by molar-refractivity contribution is -0.124. The highest BCUT2D eigenvalue weighted by atomic mass is 16.2. The summed E-state index contributed by atoms with van der Waals surface area (Å²) in [5.41, 5.74) is 0. The monoisotopic (exact) mass is 214 g/mol. The van der Waals surface area contributed by atoms with Crippen LogP contribution in [0, 0.1) is 5.92 Å². The van der Waals surface area contributed by atoms with Gasteiger partial charge in [0.25, 0.3) is 0 Å². The van der Waals surface area contributed by atoms with Crippen molar-refractivity contribution in [2.24, 2.45) is 5.92 Å². The van der Waals surface area contributed by atoms with Crippen molar-refractivity contribution in [2.45, 2.75) is 39.5 Å². The van der Waals surface area contributed by atoms with Crippen LogP contribution in [0.4, 0.5) is 0 Å². The molecule has 2 amide bonds. The van der Waals surface area contributed by atoms with Gasteiger partial charge in [-0.2, -0.15) is 0 Å². The fourth-order valence-electron chi connectivity index (χ4n) is 1.31. The van der Waals surface area contributed by atoms with Gasteiger partial charge in [0.1, 0.15) is 0 Å². The van der Waals surface area contributed by atoms with Crippen molar-refractivity contribution >= 4 is 11.8 Å². The van der Waals surface area contributed by atoms with Crippen LogP contribution in [-0.2, 0) is 9.59 Å². The second kappa shape index (κ2) is 8.26. The van der Waals surface area contributed by atoms with Crippen molar-refractivity contribution in [1.82, 2.24) is 10.6 Å². The first kappa shape index (κ1) is 13.9. The highest BCUT2D eigenvalue weighted by Crippen LogP contribution is 2.06. The molecule has 1 unspecified atom stereocenters. The Balaban J connectivity index is 3.38. The van der Waals surface area contributed by atoms with Crippen LogP contribution in [0.2, 0.25) is 0 Å². The largest absolute Gasteiger partial charge is 0.359 e. The van der Waals surface area contributed by atoms with Gasteiger partial charge in [-0.25, -0.2) is 0 Å². The second-order valence-electron chi connectivity index (χ2n) is 3.71. The standard InChI is InChI=1S/C11H22N2O2/c1-4-10(14)13-8-6-5-7-9(2)11(15)12-3/h9H,4-8H2,1-3H3,(H,12,15)(H,13,14). The van der Waals surface area contributed by atoms with Crippen molar-refractivity contribution in [3.8, 4) is 0 Å². The van der Waals surface area contributed by atoms with Gasteiger partial charge in [-0.05, 0) is 12.8 Å². The van der Waals surface area contributed by atoms with E-state index >= 15 is 0 Å². The summed E-state index contributed by atoms with van der Waals surface area (Å²) >= 11 is 0. The highest BCUT2D eigenvalue weighted by Gasteiger charge is 2.09. The lowest BCUT2D eigenvalue weighted by atomic mass is 10.0. The molecule has 0 bridgehead atoms. The van der Waals surface area contributed by atoms with E-state index < -0.39 is 0 Å². The van der Waals surface area contributed by atoms with Gasteiger partial charge < -0.3 is 10.6 Å². The van der Waals surface area contributed by atoms with Crippen LogP contribution in [-0.4, -0.2) is 25.4 Å². The fraction of sp³-hybridized carbons (Fsp3) is 0.818. The number of amides is 2. The van der Waals surface area contributed by atoms with Crippen molar-refractivity contribution in [2.75, 3.05) is 13.6 Å². The van der Waals surface area contributed by atoms with E-state index in [2.05, 4.69) is 10.6 Å². The molecule has 2 N–H and O–H groups in total. The summed E-state index contributed by atoms with van der Waals surface area (Å²) in [5, 5.41) is 5.43. The summed E-state index contributed by atoms with van der Waals surface area (Å²) in [7, 11) is 1.65. The molecule has 0 spiro atoms.